The zero-order chi connectivity index (χ0) is 17.7. The number of hydrogen-bond acceptors (Lipinski definition) is 3. The topological polar surface area (TPSA) is 38.1 Å². The lowest BCUT2D eigenvalue weighted by molar-refractivity contribution is 1.16. The highest BCUT2D eigenvalue weighted by Crippen LogP contribution is 2.48. The van der Waals surface area contributed by atoms with Gasteiger partial charge < -0.3 is 0 Å². The molecule has 0 amide bonds. The molecule has 0 fully saturated rings. The Hall–Kier alpha value is -3.03. The number of benzene rings is 3. The zero-order valence-corrected chi connectivity index (χ0v) is 15.1. The quantitative estimate of drug-likeness (QED) is 0.512. The Kier molecular flexibility index (Phi) is 4.72. The van der Waals surface area contributed by atoms with E-state index in [0.29, 0.717) is 5.82 Å². The van der Waals surface area contributed by atoms with Gasteiger partial charge in [-0.25, -0.2) is 14.7 Å². The van der Waals surface area contributed by atoms with Crippen molar-refractivity contribution < 1.29 is 0 Å². The first kappa shape index (κ1) is 16.4. The van der Waals surface area contributed by atoms with Gasteiger partial charge in [0.15, 0.2) is 5.82 Å². The molecule has 4 aromatic rings. The van der Waals surface area contributed by atoms with Gasteiger partial charge in [0.25, 0.3) is 0 Å². The molecule has 4 heteroatoms. The van der Waals surface area contributed by atoms with E-state index >= 15 is 0 Å². The summed E-state index contributed by atoms with van der Waals surface area (Å²) < 4.78 is 5.26. The maximum Gasteiger partial charge on any atom is 0.154 e. The smallest absolute Gasteiger partial charge is 0.154 e. The fourth-order valence-corrected chi connectivity index (χ4v) is 6.53. The predicted octanol–water partition coefficient (Wildman–Crippen LogP) is 4.29. The van der Waals surface area contributed by atoms with Crippen LogP contribution < -0.4 is 15.9 Å². The van der Waals surface area contributed by atoms with Crippen molar-refractivity contribution in [1.82, 2.24) is 9.97 Å². The summed E-state index contributed by atoms with van der Waals surface area (Å²) in [5, 5.41) is 3.61. The Morgan fingerprint density at radius 1 is 0.577 bits per heavy atom. The Morgan fingerprint density at radius 3 is 1.42 bits per heavy atom. The minimum Gasteiger partial charge on any atom is -0.245 e. The van der Waals surface area contributed by atoms with Gasteiger partial charge in [-0.2, -0.15) is 0 Å². The molecule has 0 unspecified atom stereocenters. The molecule has 1 aromatic heterocycles. The van der Waals surface area contributed by atoms with Crippen molar-refractivity contribution in [3.05, 3.63) is 110 Å². The Balaban J connectivity index is 2.13. The second-order valence-electron chi connectivity index (χ2n) is 5.81. The third-order valence-electron chi connectivity index (χ3n) is 4.21. The van der Waals surface area contributed by atoms with E-state index < -0.39 is 7.05 Å². The van der Waals surface area contributed by atoms with Crippen molar-refractivity contribution in [3.8, 4) is 0 Å². The predicted molar refractivity (Wildman–Crippen MR) is 109 cm³/mol. The van der Waals surface area contributed by atoms with E-state index in [1.165, 1.54) is 15.9 Å². The Bertz CT molecular complexity index is 915. The fraction of sp³-hybridized carbons (Fsp3) is 0. The monoisotopic (exact) mass is 355 g/mol. The highest BCUT2D eigenvalue weighted by Gasteiger charge is 2.27. The zero-order valence-electron chi connectivity index (χ0n) is 14.2. The van der Waals surface area contributed by atoms with Gasteiger partial charge in [0.2, 0.25) is 0 Å². The molecule has 3 aromatic carbocycles. The largest absolute Gasteiger partial charge is 0.245 e. The highest BCUT2D eigenvalue weighted by molar-refractivity contribution is 7.87. The lowest BCUT2D eigenvalue weighted by atomic mass is 10.4. The van der Waals surface area contributed by atoms with E-state index in [4.69, 9.17) is 4.74 Å². The van der Waals surface area contributed by atoms with Gasteiger partial charge in [-0.1, -0.05) is 91.0 Å². The molecular formula is C22H18N3P. The number of hydrogen-bond donors (Lipinski definition) is 0. The van der Waals surface area contributed by atoms with Crippen molar-refractivity contribution in [2.24, 2.45) is 4.74 Å². The standard InChI is InChI=1S/C22H18N3P/c1-4-10-19(11-5-1)26(20-12-6-2-7-13-20,21-14-8-3-9-15-21)25-22-16-17-23-18-24-22/h1-18H. The Morgan fingerprint density at radius 2 is 1.04 bits per heavy atom. The SMILES string of the molecule is c1ccc(P(=Nc2ccncn2)(c2ccccc2)c2ccccc2)cc1. The lowest BCUT2D eigenvalue weighted by Crippen LogP contribution is -2.25. The first-order valence-corrected chi connectivity index (χ1v) is 10.2. The molecule has 3 nitrogen and oxygen atoms in total. The molecule has 0 N–H and O–H groups in total. The summed E-state index contributed by atoms with van der Waals surface area (Å²) in [6.45, 7) is 0. The molecule has 0 radical (unpaired) electrons. The minimum atomic E-state index is -2.24. The minimum absolute atomic E-state index is 0.699. The number of rotatable bonds is 4. The van der Waals surface area contributed by atoms with Crippen LogP contribution in [0.3, 0.4) is 0 Å². The number of nitrogens with zero attached hydrogens (tertiary/aromatic N) is 3. The van der Waals surface area contributed by atoms with Crippen LogP contribution in [0.2, 0.25) is 0 Å². The molecule has 0 spiro atoms. The highest BCUT2D eigenvalue weighted by atomic mass is 31.2. The molecule has 0 aliphatic carbocycles. The first-order chi connectivity index (χ1) is 12.9. The summed E-state index contributed by atoms with van der Waals surface area (Å²) in [5.41, 5.74) is 0. The first-order valence-electron chi connectivity index (χ1n) is 8.45. The normalized spacial score (nSPS) is 11.1. The summed E-state index contributed by atoms with van der Waals surface area (Å²) in [5.74, 6) is 0.699. The summed E-state index contributed by atoms with van der Waals surface area (Å²) in [4.78, 5) is 8.42. The maximum atomic E-state index is 5.26. The third-order valence-corrected chi connectivity index (χ3v) is 7.85. The van der Waals surface area contributed by atoms with Gasteiger partial charge in [0.05, 0.1) is 7.05 Å². The van der Waals surface area contributed by atoms with Crippen molar-refractivity contribution in [2.45, 2.75) is 0 Å². The number of aromatic nitrogens is 2. The van der Waals surface area contributed by atoms with E-state index in [1.54, 1.807) is 12.5 Å². The van der Waals surface area contributed by atoms with Crippen molar-refractivity contribution >= 4 is 28.8 Å². The van der Waals surface area contributed by atoms with Gasteiger partial charge in [0, 0.05) is 28.2 Å². The van der Waals surface area contributed by atoms with Crippen LogP contribution in [-0.2, 0) is 0 Å². The van der Waals surface area contributed by atoms with Gasteiger partial charge in [-0.15, -0.1) is 0 Å². The summed E-state index contributed by atoms with van der Waals surface area (Å²) >= 11 is 0. The van der Waals surface area contributed by atoms with Crippen LogP contribution in [0, 0.1) is 0 Å². The molecule has 26 heavy (non-hydrogen) atoms. The van der Waals surface area contributed by atoms with E-state index in [1.807, 2.05) is 24.3 Å². The van der Waals surface area contributed by atoms with Crippen LogP contribution in [-0.4, -0.2) is 9.97 Å². The lowest BCUT2D eigenvalue weighted by Gasteiger charge is -2.26. The second kappa shape index (κ2) is 7.47. The van der Waals surface area contributed by atoms with Gasteiger partial charge in [0.1, 0.15) is 6.33 Å². The third kappa shape index (κ3) is 3.10. The Labute approximate surface area is 153 Å². The average molecular weight is 355 g/mol. The van der Waals surface area contributed by atoms with Crippen LogP contribution in [0.25, 0.3) is 0 Å². The summed E-state index contributed by atoms with van der Waals surface area (Å²) in [6, 6.07) is 33.4. The molecule has 0 saturated carbocycles. The van der Waals surface area contributed by atoms with E-state index in [0.717, 1.165) is 0 Å². The van der Waals surface area contributed by atoms with Gasteiger partial charge in [-0.3, -0.25) is 0 Å². The van der Waals surface area contributed by atoms with Crippen LogP contribution in [0.4, 0.5) is 5.82 Å². The fourth-order valence-electron chi connectivity index (χ4n) is 3.05. The van der Waals surface area contributed by atoms with E-state index in [9.17, 15) is 0 Å². The molecule has 0 atom stereocenters. The van der Waals surface area contributed by atoms with E-state index in [2.05, 4.69) is 82.8 Å². The second-order valence-corrected chi connectivity index (χ2v) is 8.83. The van der Waals surface area contributed by atoms with Crippen LogP contribution in [0.15, 0.2) is 114 Å². The maximum absolute atomic E-state index is 5.26. The van der Waals surface area contributed by atoms with E-state index in [-0.39, 0.29) is 0 Å². The average Bonchev–Trinajstić information content (AvgIpc) is 2.75. The summed E-state index contributed by atoms with van der Waals surface area (Å²) in [6.07, 6.45) is 3.29. The van der Waals surface area contributed by atoms with Crippen LogP contribution in [0.1, 0.15) is 0 Å². The molecule has 0 aliphatic heterocycles. The molecule has 0 aliphatic rings. The van der Waals surface area contributed by atoms with Gasteiger partial charge in [-0.05, 0) is 0 Å². The van der Waals surface area contributed by atoms with Crippen molar-refractivity contribution in [1.29, 1.82) is 0 Å². The van der Waals surface area contributed by atoms with Crippen molar-refractivity contribution in [3.63, 3.8) is 0 Å². The molecule has 4 rings (SSSR count). The molecule has 1 heterocycles. The van der Waals surface area contributed by atoms with Crippen molar-refractivity contribution in [2.75, 3.05) is 0 Å². The van der Waals surface area contributed by atoms with Crippen LogP contribution in [0.5, 0.6) is 0 Å². The molecular weight excluding hydrogens is 337 g/mol. The molecule has 0 bridgehead atoms. The summed E-state index contributed by atoms with van der Waals surface area (Å²) in [7, 11) is -2.24. The van der Waals surface area contributed by atoms with Crippen LogP contribution >= 0.6 is 7.05 Å². The molecule has 0 saturated heterocycles. The van der Waals surface area contributed by atoms with Gasteiger partial charge >= 0.3 is 0 Å². The molecule has 126 valence electrons.